The van der Waals surface area contributed by atoms with Crippen molar-refractivity contribution in [2.24, 2.45) is 5.92 Å². The maximum Gasteiger partial charge on any atom is 0.0701 e. The number of hydrogen-bond acceptors (Lipinski definition) is 3. The van der Waals surface area contributed by atoms with Gasteiger partial charge in [-0.2, -0.15) is 0 Å². The van der Waals surface area contributed by atoms with Crippen LogP contribution in [-0.2, 0) is 9.47 Å². The summed E-state index contributed by atoms with van der Waals surface area (Å²) in [5, 5.41) is 3.30. The molecule has 14 heavy (non-hydrogen) atoms. The fourth-order valence-electron chi connectivity index (χ4n) is 1.53. The summed E-state index contributed by atoms with van der Waals surface area (Å²) in [4.78, 5) is 0. The molecule has 0 aliphatic heterocycles. The molecular formula is C11H23NO2. The summed E-state index contributed by atoms with van der Waals surface area (Å²) in [5.41, 5.74) is 0. The van der Waals surface area contributed by atoms with Crippen molar-refractivity contribution in [3.8, 4) is 0 Å². The number of rotatable bonds is 9. The van der Waals surface area contributed by atoms with Crippen molar-refractivity contribution in [3.63, 3.8) is 0 Å². The summed E-state index contributed by atoms with van der Waals surface area (Å²) in [5.74, 6) is 0.858. The van der Waals surface area contributed by atoms with Crippen molar-refractivity contribution >= 4 is 0 Å². The van der Waals surface area contributed by atoms with Crippen LogP contribution in [0.3, 0.4) is 0 Å². The average Bonchev–Trinajstić information content (AvgIpc) is 3.01. The zero-order chi connectivity index (χ0) is 10.2. The Morgan fingerprint density at radius 1 is 1.21 bits per heavy atom. The molecule has 0 radical (unpaired) electrons. The zero-order valence-corrected chi connectivity index (χ0v) is 9.42. The van der Waals surface area contributed by atoms with Gasteiger partial charge in [0, 0.05) is 12.6 Å². The number of likely N-dealkylation sites (N-methyl/N-ethyl adjacent to an activating group) is 1. The Balaban J connectivity index is 1.86. The van der Waals surface area contributed by atoms with E-state index in [1.807, 2.05) is 7.05 Å². The van der Waals surface area contributed by atoms with Gasteiger partial charge in [0.2, 0.25) is 0 Å². The molecular weight excluding hydrogens is 178 g/mol. The molecule has 1 aliphatic rings. The first-order valence-electron chi connectivity index (χ1n) is 5.71. The van der Waals surface area contributed by atoms with E-state index < -0.39 is 0 Å². The monoisotopic (exact) mass is 201 g/mol. The number of hydrogen-bond donors (Lipinski definition) is 1. The fourth-order valence-corrected chi connectivity index (χ4v) is 1.53. The molecule has 3 heteroatoms. The Morgan fingerprint density at radius 3 is 2.50 bits per heavy atom. The van der Waals surface area contributed by atoms with Crippen molar-refractivity contribution in [2.75, 3.05) is 33.5 Å². The van der Waals surface area contributed by atoms with Crippen molar-refractivity contribution in [1.82, 2.24) is 5.32 Å². The van der Waals surface area contributed by atoms with Crippen LogP contribution in [0, 0.1) is 5.92 Å². The summed E-state index contributed by atoms with van der Waals surface area (Å²) in [7, 11) is 2.01. The van der Waals surface area contributed by atoms with Gasteiger partial charge in [0.15, 0.2) is 0 Å². The van der Waals surface area contributed by atoms with Crippen LogP contribution in [0.5, 0.6) is 0 Å². The molecule has 1 fully saturated rings. The van der Waals surface area contributed by atoms with Crippen molar-refractivity contribution < 1.29 is 9.47 Å². The van der Waals surface area contributed by atoms with Crippen molar-refractivity contribution in [1.29, 1.82) is 0 Å². The Kier molecular flexibility index (Phi) is 6.15. The molecule has 3 nitrogen and oxygen atoms in total. The van der Waals surface area contributed by atoms with Gasteiger partial charge < -0.3 is 14.8 Å². The van der Waals surface area contributed by atoms with E-state index in [-0.39, 0.29) is 0 Å². The van der Waals surface area contributed by atoms with Crippen LogP contribution in [0.2, 0.25) is 0 Å². The Morgan fingerprint density at radius 2 is 1.93 bits per heavy atom. The van der Waals surface area contributed by atoms with E-state index in [0.717, 1.165) is 38.8 Å². The van der Waals surface area contributed by atoms with Crippen LogP contribution in [0.25, 0.3) is 0 Å². The molecule has 1 unspecified atom stereocenters. The zero-order valence-electron chi connectivity index (χ0n) is 9.42. The molecule has 0 aromatic heterocycles. The molecule has 1 aliphatic carbocycles. The van der Waals surface area contributed by atoms with E-state index in [1.165, 1.54) is 12.8 Å². The minimum atomic E-state index is 0.557. The predicted octanol–water partition coefficient (Wildman–Crippen LogP) is 1.43. The predicted molar refractivity (Wildman–Crippen MR) is 57.5 cm³/mol. The van der Waals surface area contributed by atoms with E-state index in [4.69, 9.17) is 9.47 Å². The summed E-state index contributed by atoms with van der Waals surface area (Å²) < 4.78 is 10.9. The molecule has 0 amide bonds. The minimum Gasteiger partial charge on any atom is -0.379 e. The van der Waals surface area contributed by atoms with Crippen molar-refractivity contribution in [3.05, 3.63) is 0 Å². The topological polar surface area (TPSA) is 30.5 Å². The van der Waals surface area contributed by atoms with E-state index in [9.17, 15) is 0 Å². The first-order valence-corrected chi connectivity index (χ1v) is 5.71. The third kappa shape index (κ3) is 4.94. The molecule has 0 aromatic rings. The Labute approximate surface area is 87.2 Å². The second-order valence-electron chi connectivity index (χ2n) is 3.92. The second-order valence-corrected chi connectivity index (χ2v) is 3.92. The summed E-state index contributed by atoms with van der Waals surface area (Å²) in [6.07, 6.45) is 3.81. The minimum absolute atomic E-state index is 0.557. The van der Waals surface area contributed by atoms with Gasteiger partial charge in [-0.1, -0.05) is 6.92 Å². The van der Waals surface area contributed by atoms with E-state index in [0.29, 0.717) is 6.04 Å². The van der Waals surface area contributed by atoms with E-state index >= 15 is 0 Å². The van der Waals surface area contributed by atoms with Crippen LogP contribution >= 0.6 is 0 Å². The van der Waals surface area contributed by atoms with Crippen LogP contribution in [0.4, 0.5) is 0 Å². The van der Waals surface area contributed by atoms with Gasteiger partial charge in [-0.05, 0) is 32.2 Å². The lowest BCUT2D eigenvalue weighted by Crippen LogP contribution is -2.32. The van der Waals surface area contributed by atoms with Crippen LogP contribution in [0.15, 0.2) is 0 Å². The first-order chi connectivity index (χ1) is 6.88. The molecule has 84 valence electrons. The molecule has 1 saturated carbocycles. The Bertz CT molecular complexity index is 137. The molecule has 0 saturated heterocycles. The molecule has 0 heterocycles. The maximum absolute atomic E-state index is 5.55. The first kappa shape index (κ1) is 12.0. The van der Waals surface area contributed by atoms with Crippen LogP contribution in [-0.4, -0.2) is 39.5 Å². The van der Waals surface area contributed by atoms with Gasteiger partial charge >= 0.3 is 0 Å². The molecule has 0 aromatic carbocycles. The quantitative estimate of drug-likeness (QED) is 0.572. The lowest BCUT2D eigenvalue weighted by Gasteiger charge is -2.15. The van der Waals surface area contributed by atoms with Crippen LogP contribution in [0.1, 0.15) is 26.2 Å². The molecule has 1 rings (SSSR count). The number of nitrogens with one attached hydrogen (secondary N) is 1. The molecule has 0 spiro atoms. The summed E-state index contributed by atoms with van der Waals surface area (Å²) in [6, 6.07) is 0.557. The highest BCUT2D eigenvalue weighted by Gasteiger charge is 2.29. The lowest BCUT2D eigenvalue weighted by molar-refractivity contribution is 0.0378. The average molecular weight is 201 g/mol. The number of ether oxygens (including phenoxy) is 2. The smallest absolute Gasteiger partial charge is 0.0701 e. The van der Waals surface area contributed by atoms with E-state index in [1.54, 1.807) is 0 Å². The molecule has 1 N–H and O–H groups in total. The van der Waals surface area contributed by atoms with E-state index in [2.05, 4.69) is 12.2 Å². The van der Waals surface area contributed by atoms with Gasteiger partial charge in [-0.3, -0.25) is 0 Å². The SMILES string of the molecule is CCCOCCOCC(NC)C1CC1. The largest absolute Gasteiger partial charge is 0.379 e. The Hall–Kier alpha value is -0.120. The van der Waals surface area contributed by atoms with Gasteiger partial charge in [-0.25, -0.2) is 0 Å². The normalized spacial score (nSPS) is 18.4. The molecule has 1 atom stereocenters. The third-order valence-electron chi connectivity index (χ3n) is 2.58. The lowest BCUT2D eigenvalue weighted by atomic mass is 10.2. The van der Waals surface area contributed by atoms with Crippen LogP contribution < -0.4 is 5.32 Å². The standard InChI is InChI=1S/C11H23NO2/c1-3-6-13-7-8-14-9-11(12-2)10-4-5-10/h10-12H,3-9H2,1-2H3. The highest BCUT2D eigenvalue weighted by atomic mass is 16.5. The third-order valence-corrected chi connectivity index (χ3v) is 2.58. The maximum atomic E-state index is 5.55. The van der Waals surface area contributed by atoms with Gasteiger partial charge in [-0.15, -0.1) is 0 Å². The summed E-state index contributed by atoms with van der Waals surface area (Å²) in [6.45, 7) is 5.25. The van der Waals surface area contributed by atoms with Crippen molar-refractivity contribution in [2.45, 2.75) is 32.2 Å². The molecule has 0 bridgehead atoms. The van der Waals surface area contributed by atoms with Gasteiger partial charge in [0.05, 0.1) is 19.8 Å². The second kappa shape index (κ2) is 7.21. The highest BCUT2D eigenvalue weighted by molar-refractivity contribution is 4.85. The fraction of sp³-hybridized carbons (Fsp3) is 1.00. The van der Waals surface area contributed by atoms with Gasteiger partial charge in [0.25, 0.3) is 0 Å². The van der Waals surface area contributed by atoms with Gasteiger partial charge in [0.1, 0.15) is 0 Å². The summed E-state index contributed by atoms with van der Waals surface area (Å²) >= 11 is 0. The highest BCUT2D eigenvalue weighted by Crippen LogP contribution is 2.32.